The van der Waals surface area contributed by atoms with Gasteiger partial charge in [-0.05, 0) is 42.7 Å². The molecule has 0 spiro atoms. The quantitative estimate of drug-likeness (QED) is 0.306. The first-order valence-corrected chi connectivity index (χ1v) is 15.3. The van der Waals surface area contributed by atoms with Gasteiger partial charge < -0.3 is 13.7 Å². The van der Waals surface area contributed by atoms with Gasteiger partial charge in [0, 0.05) is 12.8 Å². The third kappa shape index (κ3) is 8.17. The van der Waals surface area contributed by atoms with Crippen LogP contribution in [0.25, 0.3) is 0 Å². The molecule has 158 valence electrons. The molecule has 0 radical (unpaired) electrons. The van der Waals surface area contributed by atoms with E-state index in [-0.39, 0.29) is 28.2 Å². The van der Waals surface area contributed by atoms with Crippen LogP contribution in [0.2, 0.25) is 36.3 Å². The van der Waals surface area contributed by atoms with Crippen LogP contribution in [0.5, 0.6) is 0 Å². The van der Waals surface area contributed by atoms with Crippen LogP contribution in [-0.2, 0) is 23.3 Å². The Morgan fingerprint density at radius 1 is 0.815 bits per heavy atom. The Morgan fingerprint density at radius 3 is 1.67 bits per heavy atom. The van der Waals surface area contributed by atoms with E-state index >= 15 is 0 Å². The Kier molecular flexibility index (Phi) is 8.96. The summed E-state index contributed by atoms with van der Waals surface area (Å²) in [6.07, 6.45) is 1.01. The normalized spacial score (nSPS) is 14.0. The topological polar surface area (TPSA) is 74.2 Å². The standard InChI is InChI=1S/C19H39NO5Si2/c1-18(2,3)26(8,9)24-16(21)14-12-13-15(20-23-7)17(22)25-27(10,11)19(4,5)6/h12-14H2,1-11H3. The smallest absolute Gasteiger partial charge is 0.342 e. The summed E-state index contributed by atoms with van der Waals surface area (Å²) < 4.78 is 11.5. The van der Waals surface area contributed by atoms with Crippen molar-refractivity contribution in [1.29, 1.82) is 0 Å². The summed E-state index contributed by atoms with van der Waals surface area (Å²) in [6, 6.07) is 0. The summed E-state index contributed by atoms with van der Waals surface area (Å²) in [5.74, 6) is -0.683. The Morgan fingerprint density at radius 2 is 1.26 bits per heavy atom. The van der Waals surface area contributed by atoms with E-state index in [1.54, 1.807) is 0 Å². The fourth-order valence-electron chi connectivity index (χ4n) is 1.63. The maximum Gasteiger partial charge on any atom is 0.342 e. The molecule has 0 aliphatic carbocycles. The van der Waals surface area contributed by atoms with Gasteiger partial charge in [-0.15, -0.1) is 0 Å². The van der Waals surface area contributed by atoms with Crippen molar-refractivity contribution in [3.8, 4) is 0 Å². The molecule has 0 aromatic carbocycles. The molecular formula is C19H39NO5Si2. The van der Waals surface area contributed by atoms with E-state index in [1.807, 2.05) is 26.2 Å². The molecule has 0 saturated carbocycles. The minimum atomic E-state index is -2.25. The lowest BCUT2D eigenvalue weighted by Gasteiger charge is -2.35. The van der Waals surface area contributed by atoms with Crippen molar-refractivity contribution in [3.63, 3.8) is 0 Å². The number of oxime groups is 1. The molecule has 0 bridgehead atoms. The molecule has 0 aromatic rings. The van der Waals surface area contributed by atoms with Crippen LogP contribution in [0.3, 0.4) is 0 Å². The average molecular weight is 418 g/mol. The minimum absolute atomic E-state index is 0.0295. The molecule has 27 heavy (non-hydrogen) atoms. The zero-order chi connectivity index (χ0) is 21.7. The first-order chi connectivity index (χ1) is 11.9. The molecule has 0 fully saturated rings. The lowest BCUT2D eigenvalue weighted by Crippen LogP contribution is -2.44. The molecule has 0 unspecified atom stereocenters. The van der Waals surface area contributed by atoms with Gasteiger partial charge in [0.15, 0.2) is 5.71 Å². The van der Waals surface area contributed by atoms with Crippen molar-refractivity contribution in [2.24, 2.45) is 5.16 Å². The van der Waals surface area contributed by atoms with E-state index in [4.69, 9.17) is 13.7 Å². The van der Waals surface area contributed by atoms with Crippen LogP contribution in [0.15, 0.2) is 5.16 Å². The molecule has 0 heterocycles. The molecule has 0 amide bonds. The Labute approximate surface area is 167 Å². The highest BCUT2D eigenvalue weighted by Crippen LogP contribution is 2.37. The van der Waals surface area contributed by atoms with Crippen LogP contribution in [0.1, 0.15) is 60.8 Å². The highest BCUT2D eigenvalue weighted by molar-refractivity contribution is 6.76. The van der Waals surface area contributed by atoms with Gasteiger partial charge in [0.25, 0.3) is 22.6 Å². The summed E-state index contributed by atoms with van der Waals surface area (Å²) in [7, 11) is -2.98. The number of carbonyl (C=O) groups is 2. The molecule has 0 aliphatic rings. The predicted molar refractivity (Wildman–Crippen MR) is 115 cm³/mol. The molecule has 0 aliphatic heterocycles. The molecule has 0 atom stereocenters. The molecule has 0 rings (SSSR count). The van der Waals surface area contributed by atoms with E-state index in [2.05, 4.69) is 46.7 Å². The van der Waals surface area contributed by atoms with Crippen LogP contribution in [0, 0.1) is 0 Å². The fourth-order valence-corrected chi connectivity index (χ4v) is 3.49. The summed E-state index contributed by atoms with van der Waals surface area (Å²) in [4.78, 5) is 29.5. The summed E-state index contributed by atoms with van der Waals surface area (Å²) in [6.45, 7) is 20.6. The molecular weight excluding hydrogens is 378 g/mol. The zero-order valence-corrected chi connectivity index (χ0v) is 21.1. The number of hydrogen-bond acceptors (Lipinski definition) is 6. The second-order valence-electron chi connectivity index (χ2n) is 9.96. The van der Waals surface area contributed by atoms with E-state index in [1.165, 1.54) is 7.11 Å². The Bertz CT molecular complexity index is 557. The summed E-state index contributed by atoms with van der Waals surface area (Å²) in [5.41, 5.74) is 0.211. The highest BCUT2D eigenvalue weighted by Gasteiger charge is 2.42. The number of carbonyl (C=O) groups excluding carboxylic acids is 2. The van der Waals surface area contributed by atoms with Crippen molar-refractivity contribution in [2.75, 3.05) is 7.11 Å². The van der Waals surface area contributed by atoms with Gasteiger partial charge in [-0.2, -0.15) is 0 Å². The van der Waals surface area contributed by atoms with E-state index in [0.29, 0.717) is 12.8 Å². The Balaban J connectivity index is 4.81. The third-order valence-electron chi connectivity index (χ3n) is 5.56. The van der Waals surface area contributed by atoms with Crippen LogP contribution in [-0.4, -0.2) is 41.4 Å². The van der Waals surface area contributed by atoms with Crippen molar-refractivity contribution in [3.05, 3.63) is 0 Å². The van der Waals surface area contributed by atoms with E-state index < -0.39 is 22.6 Å². The van der Waals surface area contributed by atoms with Gasteiger partial charge in [-0.25, -0.2) is 4.79 Å². The molecule has 8 heteroatoms. The fraction of sp³-hybridized carbons (Fsp3) is 0.842. The van der Waals surface area contributed by atoms with E-state index in [0.717, 1.165) is 0 Å². The first kappa shape index (κ1) is 25.8. The van der Waals surface area contributed by atoms with Gasteiger partial charge in [0.2, 0.25) is 0 Å². The monoisotopic (exact) mass is 417 g/mol. The summed E-state index contributed by atoms with van der Waals surface area (Å²) >= 11 is 0. The minimum Gasteiger partial charge on any atom is -0.519 e. The van der Waals surface area contributed by atoms with Crippen LogP contribution < -0.4 is 0 Å². The number of hydrogen-bond donors (Lipinski definition) is 0. The first-order valence-electron chi connectivity index (χ1n) is 9.50. The van der Waals surface area contributed by atoms with Gasteiger partial charge in [0.1, 0.15) is 7.11 Å². The largest absolute Gasteiger partial charge is 0.519 e. The number of nitrogens with zero attached hydrogens (tertiary/aromatic N) is 1. The molecule has 0 N–H and O–H groups in total. The van der Waals surface area contributed by atoms with Crippen LogP contribution >= 0.6 is 0 Å². The predicted octanol–water partition coefficient (Wildman–Crippen LogP) is 5.26. The maximum absolute atomic E-state index is 12.5. The molecule has 6 nitrogen and oxygen atoms in total. The second kappa shape index (κ2) is 9.36. The van der Waals surface area contributed by atoms with E-state index in [9.17, 15) is 9.59 Å². The van der Waals surface area contributed by atoms with Crippen molar-refractivity contribution < 1.29 is 23.3 Å². The lowest BCUT2D eigenvalue weighted by molar-refractivity contribution is -0.135. The highest BCUT2D eigenvalue weighted by atomic mass is 28.4. The van der Waals surface area contributed by atoms with Gasteiger partial charge in [-0.1, -0.05) is 46.7 Å². The van der Waals surface area contributed by atoms with Crippen molar-refractivity contribution >= 4 is 34.3 Å². The van der Waals surface area contributed by atoms with Crippen molar-refractivity contribution in [2.45, 2.75) is 97.1 Å². The van der Waals surface area contributed by atoms with Gasteiger partial charge in [-0.3, -0.25) is 4.79 Å². The van der Waals surface area contributed by atoms with Gasteiger partial charge >= 0.3 is 5.97 Å². The molecule has 0 saturated heterocycles. The van der Waals surface area contributed by atoms with Gasteiger partial charge in [0.05, 0.1) is 0 Å². The summed E-state index contributed by atoms with van der Waals surface area (Å²) in [5, 5.41) is 3.70. The Hall–Kier alpha value is -1.16. The maximum atomic E-state index is 12.5. The zero-order valence-electron chi connectivity index (χ0n) is 19.1. The number of rotatable bonds is 8. The SMILES string of the molecule is CON=C(CCCC(=O)O[Si](C)(C)C(C)(C)C)C(=O)O[Si](C)(C)C(C)(C)C. The van der Waals surface area contributed by atoms with Crippen LogP contribution in [0.4, 0.5) is 0 Å². The second-order valence-corrected chi connectivity index (χ2v) is 19.4. The molecule has 0 aromatic heterocycles. The van der Waals surface area contributed by atoms with Crippen molar-refractivity contribution in [1.82, 2.24) is 0 Å². The third-order valence-corrected chi connectivity index (χ3v) is 14.2. The average Bonchev–Trinajstić information content (AvgIpc) is 2.42. The lowest BCUT2D eigenvalue weighted by atomic mass is 10.2.